The molecule has 0 amide bonds. The van der Waals surface area contributed by atoms with E-state index >= 15 is 0 Å². The third-order valence-corrected chi connectivity index (χ3v) is 3.60. The highest BCUT2D eigenvalue weighted by Gasteiger charge is 2.15. The first-order valence-corrected chi connectivity index (χ1v) is 7.25. The highest BCUT2D eigenvalue weighted by atomic mass is 35.5. The van der Waals surface area contributed by atoms with Crippen LogP contribution in [0.25, 0.3) is 22.4 Å². The van der Waals surface area contributed by atoms with Crippen LogP contribution in [0.2, 0.25) is 5.02 Å². The van der Waals surface area contributed by atoms with Gasteiger partial charge < -0.3 is 9.73 Å². The van der Waals surface area contributed by atoms with Crippen LogP contribution in [-0.4, -0.2) is 16.5 Å². The number of furan rings is 1. The maximum Gasteiger partial charge on any atom is 0.157 e. The summed E-state index contributed by atoms with van der Waals surface area (Å²) in [5, 5.41) is 4.88. The van der Waals surface area contributed by atoms with E-state index in [4.69, 9.17) is 16.0 Å². The average Bonchev–Trinajstić information content (AvgIpc) is 2.85. The molecule has 3 aromatic rings. The van der Waals surface area contributed by atoms with Crippen molar-refractivity contribution in [3.63, 3.8) is 0 Å². The van der Waals surface area contributed by atoms with Crippen molar-refractivity contribution in [2.75, 3.05) is 11.9 Å². The molecule has 0 bridgehead atoms. The van der Waals surface area contributed by atoms with Crippen LogP contribution >= 0.6 is 11.6 Å². The SMILES string of the molecule is CCNc1nc(C)c(C)nc1-c1cc2cc(Cl)ccc2o1. The normalized spacial score (nSPS) is 11.0. The minimum absolute atomic E-state index is 0.688. The van der Waals surface area contributed by atoms with Gasteiger partial charge in [0.05, 0.1) is 11.4 Å². The minimum atomic E-state index is 0.688. The summed E-state index contributed by atoms with van der Waals surface area (Å²) in [6.07, 6.45) is 0. The van der Waals surface area contributed by atoms with Gasteiger partial charge in [0.2, 0.25) is 0 Å². The van der Waals surface area contributed by atoms with Crippen LogP contribution in [0.3, 0.4) is 0 Å². The molecule has 0 unspecified atom stereocenters. The zero-order chi connectivity index (χ0) is 15.0. The molecular weight excluding hydrogens is 286 g/mol. The summed E-state index contributed by atoms with van der Waals surface area (Å²) in [4.78, 5) is 9.19. The molecule has 1 aromatic carbocycles. The number of hydrogen-bond donors (Lipinski definition) is 1. The van der Waals surface area contributed by atoms with Crippen molar-refractivity contribution in [3.8, 4) is 11.5 Å². The van der Waals surface area contributed by atoms with Crippen LogP contribution in [0.4, 0.5) is 5.82 Å². The molecule has 5 heteroatoms. The van der Waals surface area contributed by atoms with Gasteiger partial charge in [0.1, 0.15) is 11.3 Å². The second-order valence-corrected chi connectivity index (χ2v) is 5.35. The summed E-state index contributed by atoms with van der Waals surface area (Å²) in [6, 6.07) is 7.50. The maximum atomic E-state index is 6.02. The van der Waals surface area contributed by atoms with Gasteiger partial charge in [-0.25, -0.2) is 9.97 Å². The molecule has 2 heterocycles. The number of hydrogen-bond acceptors (Lipinski definition) is 4. The Kier molecular flexibility index (Phi) is 3.55. The summed E-state index contributed by atoms with van der Waals surface area (Å²) in [5.74, 6) is 1.43. The molecule has 21 heavy (non-hydrogen) atoms. The van der Waals surface area contributed by atoms with Gasteiger partial charge >= 0.3 is 0 Å². The summed E-state index contributed by atoms with van der Waals surface area (Å²) in [6.45, 7) is 6.70. The largest absolute Gasteiger partial charge is 0.454 e. The van der Waals surface area contributed by atoms with Crippen molar-refractivity contribution < 1.29 is 4.42 Å². The van der Waals surface area contributed by atoms with Gasteiger partial charge in [-0.15, -0.1) is 0 Å². The molecule has 0 saturated carbocycles. The quantitative estimate of drug-likeness (QED) is 0.768. The zero-order valence-corrected chi connectivity index (χ0v) is 13.0. The van der Waals surface area contributed by atoms with Crippen LogP contribution in [0.5, 0.6) is 0 Å². The number of fused-ring (bicyclic) bond motifs is 1. The molecule has 1 N–H and O–H groups in total. The molecule has 0 aliphatic carbocycles. The molecule has 0 saturated heterocycles. The Morgan fingerprint density at radius 1 is 1.14 bits per heavy atom. The lowest BCUT2D eigenvalue weighted by molar-refractivity contribution is 0.628. The van der Waals surface area contributed by atoms with Gasteiger partial charge in [-0.05, 0) is 45.0 Å². The second-order valence-electron chi connectivity index (χ2n) is 4.91. The molecule has 3 rings (SSSR count). The van der Waals surface area contributed by atoms with E-state index in [2.05, 4.69) is 15.3 Å². The average molecular weight is 302 g/mol. The number of nitrogens with one attached hydrogen (secondary N) is 1. The molecule has 108 valence electrons. The monoisotopic (exact) mass is 301 g/mol. The molecule has 2 aromatic heterocycles. The first-order valence-electron chi connectivity index (χ1n) is 6.87. The van der Waals surface area contributed by atoms with E-state index in [-0.39, 0.29) is 0 Å². The van der Waals surface area contributed by atoms with Crippen molar-refractivity contribution >= 4 is 28.4 Å². The zero-order valence-electron chi connectivity index (χ0n) is 12.2. The molecule has 0 radical (unpaired) electrons. The molecule has 0 atom stereocenters. The number of anilines is 1. The van der Waals surface area contributed by atoms with Crippen molar-refractivity contribution in [3.05, 3.63) is 40.7 Å². The number of halogens is 1. The molecule has 0 aliphatic rings. The molecule has 0 fully saturated rings. The predicted molar refractivity (Wildman–Crippen MR) is 85.9 cm³/mol. The van der Waals surface area contributed by atoms with Gasteiger partial charge in [0.15, 0.2) is 11.6 Å². The van der Waals surface area contributed by atoms with Crippen molar-refractivity contribution in [2.24, 2.45) is 0 Å². The van der Waals surface area contributed by atoms with Crippen LogP contribution < -0.4 is 5.32 Å². The number of aryl methyl sites for hydroxylation is 2. The van der Waals surface area contributed by atoms with E-state index in [1.165, 1.54) is 0 Å². The van der Waals surface area contributed by atoms with E-state index in [9.17, 15) is 0 Å². The van der Waals surface area contributed by atoms with Gasteiger partial charge in [-0.2, -0.15) is 0 Å². The van der Waals surface area contributed by atoms with E-state index < -0.39 is 0 Å². The molecule has 0 aliphatic heterocycles. The Labute approximate surface area is 128 Å². The number of benzene rings is 1. The molecule has 4 nitrogen and oxygen atoms in total. The third-order valence-electron chi connectivity index (χ3n) is 3.36. The van der Waals surface area contributed by atoms with Crippen LogP contribution in [-0.2, 0) is 0 Å². The topological polar surface area (TPSA) is 51.0 Å². The fourth-order valence-electron chi connectivity index (χ4n) is 2.20. The van der Waals surface area contributed by atoms with Gasteiger partial charge in [-0.1, -0.05) is 11.6 Å². The Hall–Kier alpha value is -2.07. The van der Waals surface area contributed by atoms with E-state index in [1.807, 2.05) is 45.0 Å². The Morgan fingerprint density at radius 2 is 1.90 bits per heavy atom. The van der Waals surface area contributed by atoms with Crippen molar-refractivity contribution in [1.82, 2.24) is 9.97 Å². The van der Waals surface area contributed by atoms with Gasteiger partial charge in [0.25, 0.3) is 0 Å². The Bertz CT molecular complexity index is 811. The van der Waals surface area contributed by atoms with Crippen LogP contribution in [0.15, 0.2) is 28.7 Å². The predicted octanol–water partition coefficient (Wildman–Crippen LogP) is 4.59. The standard InChI is InChI=1S/C16H16ClN3O/c1-4-18-16-15(19-9(2)10(3)20-16)14-8-11-7-12(17)5-6-13(11)21-14/h5-8H,4H2,1-3H3,(H,18,20). The fourth-order valence-corrected chi connectivity index (χ4v) is 2.38. The summed E-state index contributed by atoms with van der Waals surface area (Å²) < 4.78 is 5.89. The highest BCUT2D eigenvalue weighted by molar-refractivity contribution is 6.31. The lowest BCUT2D eigenvalue weighted by atomic mass is 10.2. The summed E-state index contributed by atoms with van der Waals surface area (Å²) >= 11 is 6.02. The first-order chi connectivity index (χ1) is 10.1. The lowest BCUT2D eigenvalue weighted by Gasteiger charge is -2.09. The maximum absolute atomic E-state index is 6.02. The van der Waals surface area contributed by atoms with E-state index in [0.29, 0.717) is 10.8 Å². The van der Waals surface area contributed by atoms with Crippen LogP contribution in [0, 0.1) is 13.8 Å². The number of aromatic nitrogens is 2. The summed E-state index contributed by atoms with van der Waals surface area (Å²) in [5.41, 5.74) is 3.32. The van der Waals surface area contributed by atoms with Crippen LogP contribution in [0.1, 0.15) is 18.3 Å². The van der Waals surface area contributed by atoms with Crippen molar-refractivity contribution in [1.29, 1.82) is 0 Å². The third kappa shape index (κ3) is 2.59. The number of rotatable bonds is 3. The Balaban J connectivity index is 2.18. The first kappa shape index (κ1) is 13.9. The minimum Gasteiger partial charge on any atom is -0.454 e. The molecular formula is C16H16ClN3O. The van der Waals surface area contributed by atoms with Crippen molar-refractivity contribution in [2.45, 2.75) is 20.8 Å². The number of nitrogens with zero attached hydrogens (tertiary/aromatic N) is 2. The highest BCUT2D eigenvalue weighted by Crippen LogP contribution is 2.32. The fraction of sp³-hybridized carbons (Fsp3) is 0.250. The van der Waals surface area contributed by atoms with E-state index in [0.717, 1.165) is 40.4 Å². The summed E-state index contributed by atoms with van der Waals surface area (Å²) in [7, 11) is 0. The lowest BCUT2D eigenvalue weighted by Crippen LogP contribution is -2.05. The van der Waals surface area contributed by atoms with E-state index in [1.54, 1.807) is 0 Å². The smallest absolute Gasteiger partial charge is 0.157 e. The molecule has 0 spiro atoms. The Morgan fingerprint density at radius 3 is 2.67 bits per heavy atom. The van der Waals surface area contributed by atoms with Gasteiger partial charge in [0, 0.05) is 17.0 Å². The van der Waals surface area contributed by atoms with Gasteiger partial charge in [-0.3, -0.25) is 0 Å². The second kappa shape index (κ2) is 5.37.